The quantitative estimate of drug-likeness (QED) is 0.188. The van der Waals surface area contributed by atoms with Crippen LogP contribution < -0.4 is 0 Å². The molecule has 5 heteroatoms. The molecule has 0 aliphatic carbocycles. The van der Waals surface area contributed by atoms with Crippen LogP contribution in [0.4, 0.5) is 0 Å². The zero-order valence-electron chi connectivity index (χ0n) is 28.0. The topological polar surface area (TPSA) is 48.5 Å². The summed E-state index contributed by atoms with van der Waals surface area (Å²) in [5.41, 5.74) is 7.37. The second-order valence-corrected chi connectivity index (χ2v) is 13.3. The van der Waals surface area contributed by atoms with E-state index in [1.807, 2.05) is 36.4 Å². The Kier molecular flexibility index (Phi) is 6.18. The summed E-state index contributed by atoms with van der Waals surface area (Å²) in [6, 6.07) is 62.1. The van der Waals surface area contributed by atoms with E-state index in [-0.39, 0.29) is 0 Å². The molecule has 0 spiro atoms. The largest absolute Gasteiger partial charge is 0.309 e. The van der Waals surface area contributed by atoms with Crippen molar-refractivity contribution >= 4 is 65.2 Å². The smallest absolute Gasteiger partial charge is 0.238 e. The van der Waals surface area contributed by atoms with E-state index in [1.165, 1.54) is 32.4 Å². The zero-order chi connectivity index (χ0) is 34.2. The highest BCUT2D eigenvalue weighted by Gasteiger charge is 2.22. The fourth-order valence-corrected chi connectivity index (χ4v) is 7.95. The Morgan fingerprint density at radius 2 is 0.865 bits per heavy atom. The van der Waals surface area contributed by atoms with Crippen LogP contribution in [-0.2, 0) is 0 Å². The van der Waals surface area contributed by atoms with Crippen LogP contribution in [-0.4, -0.2) is 24.1 Å². The van der Waals surface area contributed by atoms with Gasteiger partial charge in [0.05, 0.1) is 22.1 Å². The fourth-order valence-electron chi connectivity index (χ4n) is 7.95. The average Bonchev–Trinajstić information content (AvgIpc) is 3.71. The summed E-state index contributed by atoms with van der Waals surface area (Å²) >= 11 is 0. The van der Waals surface area contributed by atoms with Crippen molar-refractivity contribution in [3.63, 3.8) is 0 Å². The SMILES string of the molecule is c1ccc(-c2nc(-c3ccccc3)nc(-n3c4cc5ccccc5cc4c4cc5c6c7ccccc7ccc6n(-c6ccccc6)c5cc43)n2)cc1. The minimum Gasteiger partial charge on any atom is -0.309 e. The summed E-state index contributed by atoms with van der Waals surface area (Å²) in [7, 11) is 0. The molecule has 0 atom stereocenters. The third kappa shape index (κ3) is 4.33. The van der Waals surface area contributed by atoms with E-state index in [1.54, 1.807) is 0 Å². The molecule has 52 heavy (non-hydrogen) atoms. The summed E-state index contributed by atoms with van der Waals surface area (Å²) in [4.78, 5) is 15.5. The van der Waals surface area contributed by atoms with Crippen molar-refractivity contribution in [2.45, 2.75) is 0 Å². The van der Waals surface area contributed by atoms with Crippen molar-refractivity contribution in [1.29, 1.82) is 0 Å². The summed E-state index contributed by atoms with van der Waals surface area (Å²) in [6.45, 7) is 0. The lowest BCUT2D eigenvalue weighted by molar-refractivity contribution is 0.954. The van der Waals surface area contributed by atoms with Gasteiger partial charge in [-0.15, -0.1) is 0 Å². The van der Waals surface area contributed by atoms with Crippen molar-refractivity contribution < 1.29 is 0 Å². The van der Waals surface area contributed by atoms with Crippen LogP contribution in [0.15, 0.2) is 176 Å². The zero-order valence-corrected chi connectivity index (χ0v) is 28.0. The molecule has 11 rings (SSSR count). The lowest BCUT2D eigenvalue weighted by atomic mass is 10.0. The second kappa shape index (κ2) is 11.2. The number of hydrogen-bond donors (Lipinski definition) is 0. The summed E-state index contributed by atoms with van der Waals surface area (Å²) in [6.07, 6.45) is 0. The van der Waals surface area contributed by atoms with Gasteiger partial charge in [0, 0.05) is 38.4 Å². The molecule has 0 amide bonds. The van der Waals surface area contributed by atoms with Gasteiger partial charge in [-0.25, -0.2) is 4.98 Å². The van der Waals surface area contributed by atoms with Crippen LogP contribution in [0.1, 0.15) is 0 Å². The minimum absolute atomic E-state index is 0.579. The third-order valence-corrected chi connectivity index (χ3v) is 10.3. The molecule has 0 aliphatic heterocycles. The Morgan fingerprint density at radius 1 is 0.327 bits per heavy atom. The Hall–Kier alpha value is -7.11. The van der Waals surface area contributed by atoms with E-state index in [0.29, 0.717) is 17.6 Å². The molecule has 0 saturated carbocycles. The van der Waals surface area contributed by atoms with Gasteiger partial charge in [0.25, 0.3) is 0 Å². The molecule has 0 N–H and O–H groups in total. The highest BCUT2D eigenvalue weighted by Crippen LogP contribution is 2.42. The molecule has 3 heterocycles. The number of rotatable bonds is 4. The molecule has 0 fully saturated rings. The lowest BCUT2D eigenvalue weighted by Gasteiger charge is -2.12. The van der Waals surface area contributed by atoms with E-state index in [0.717, 1.165) is 49.5 Å². The van der Waals surface area contributed by atoms with Gasteiger partial charge in [0.1, 0.15) is 0 Å². The van der Waals surface area contributed by atoms with Crippen molar-refractivity contribution in [1.82, 2.24) is 24.1 Å². The standard InChI is InChI=1S/C47H29N5/c1-4-15-31(16-5-1)45-48-46(32-17-6-2-7-18-32)50-47(49-45)52-41-27-34-20-11-10-19-33(34)26-37(41)38-28-39-43(29-42(38)52)51(35-21-8-3-9-22-35)40-25-24-30-14-12-13-23-36(30)44(39)40/h1-29H. The summed E-state index contributed by atoms with van der Waals surface area (Å²) in [5, 5.41) is 9.58. The molecule has 5 nitrogen and oxygen atoms in total. The number of benzene rings is 8. The van der Waals surface area contributed by atoms with E-state index in [9.17, 15) is 0 Å². The Morgan fingerprint density at radius 3 is 1.56 bits per heavy atom. The highest BCUT2D eigenvalue weighted by molar-refractivity contribution is 6.26. The van der Waals surface area contributed by atoms with E-state index in [2.05, 4.69) is 149 Å². The first-order chi connectivity index (χ1) is 25.8. The molecule has 0 unspecified atom stereocenters. The predicted molar refractivity (Wildman–Crippen MR) is 214 cm³/mol. The van der Waals surface area contributed by atoms with Crippen molar-refractivity contribution in [2.75, 3.05) is 0 Å². The average molecular weight is 664 g/mol. The van der Waals surface area contributed by atoms with Gasteiger partial charge in [0.15, 0.2) is 11.6 Å². The van der Waals surface area contributed by atoms with Crippen LogP contribution >= 0.6 is 0 Å². The van der Waals surface area contributed by atoms with Gasteiger partial charge in [-0.2, -0.15) is 9.97 Å². The molecule has 0 aliphatic rings. The number of para-hydroxylation sites is 1. The predicted octanol–water partition coefficient (Wildman–Crippen LogP) is 11.7. The Labute approximate surface area is 298 Å². The van der Waals surface area contributed by atoms with Crippen LogP contribution in [0.5, 0.6) is 0 Å². The van der Waals surface area contributed by atoms with Crippen molar-refractivity contribution in [3.8, 4) is 34.4 Å². The van der Waals surface area contributed by atoms with Gasteiger partial charge in [-0.3, -0.25) is 4.57 Å². The Bertz CT molecular complexity index is 3100. The van der Waals surface area contributed by atoms with Crippen LogP contribution in [0, 0.1) is 0 Å². The van der Waals surface area contributed by atoms with Gasteiger partial charge in [-0.05, 0) is 64.0 Å². The molecule has 11 aromatic rings. The van der Waals surface area contributed by atoms with Gasteiger partial charge < -0.3 is 4.57 Å². The third-order valence-electron chi connectivity index (χ3n) is 10.3. The number of hydrogen-bond acceptors (Lipinski definition) is 3. The molecule has 242 valence electrons. The van der Waals surface area contributed by atoms with Gasteiger partial charge in [0.2, 0.25) is 5.95 Å². The second-order valence-electron chi connectivity index (χ2n) is 13.3. The van der Waals surface area contributed by atoms with E-state index >= 15 is 0 Å². The Balaban J connectivity index is 1.32. The molecule has 0 saturated heterocycles. The molecule has 3 aromatic heterocycles. The van der Waals surface area contributed by atoms with E-state index < -0.39 is 0 Å². The molecular formula is C47H29N5. The number of aromatic nitrogens is 5. The first-order valence-electron chi connectivity index (χ1n) is 17.5. The lowest BCUT2D eigenvalue weighted by Crippen LogP contribution is -2.06. The van der Waals surface area contributed by atoms with Crippen LogP contribution in [0.2, 0.25) is 0 Å². The maximum Gasteiger partial charge on any atom is 0.238 e. The van der Waals surface area contributed by atoms with Crippen molar-refractivity contribution in [2.24, 2.45) is 0 Å². The molecule has 8 aromatic carbocycles. The van der Waals surface area contributed by atoms with Gasteiger partial charge >= 0.3 is 0 Å². The minimum atomic E-state index is 0.579. The van der Waals surface area contributed by atoms with Crippen LogP contribution in [0.3, 0.4) is 0 Å². The molecular weight excluding hydrogens is 635 g/mol. The first kappa shape index (κ1) is 28.7. The number of fused-ring (bicyclic) bond motifs is 9. The number of nitrogens with zero attached hydrogens (tertiary/aromatic N) is 5. The van der Waals surface area contributed by atoms with Crippen LogP contribution in [0.25, 0.3) is 99.6 Å². The molecule has 0 bridgehead atoms. The van der Waals surface area contributed by atoms with Gasteiger partial charge in [-0.1, -0.05) is 133 Å². The maximum absolute atomic E-state index is 5.23. The van der Waals surface area contributed by atoms with Crippen molar-refractivity contribution in [3.05, 3.63) is 176 Å². The highest BCUT2D eigenvalue weighted by atomic mass is 15.2. The molecule has 0 radical (unpaired) electrons. The monoisotopic (exact) mass is 663 g/mol. The normalized spacial score (nSPS) is 11.8. The fraction of sp³-hybridized carbons (Fsp3) is 0. The first-order valence-corrected chi connectivity index (χ1v) is 17.5. The van der Waals surface area contributed by atoms with E-state index in [4.69, 9.17) is 15.0 Å². The summed E-state index contributed by atoms with van der Waals surface area (Å²) in [5.74, 6) is 1.84. The maximum atomic E-state index is 5.23. The summed E-state index contributed by atoms with van der Waals surface area (Å²) < 4.78 is 4.63.